The second kappa shape index (κ2) is 6.01. The molecule has 2 heterocycles. The van der Waals surface area contributed by atoms with E-state index in [-0.39, 0.29) is 11.9 Å². The van der Waals surface area contributed by atoms with Crippen molar-refractivity contribution in [1.82, 2.24) is 10.5 Å². The smallest absolute Gasteiger partial charge is 0.273 e. The van der Waals surface area contributed by atoms with E-state index in [4.69, 9.17) is 4.52 Å². The number of nitrogens with zero attached hydrogens (tertiary/aromatic N) is 1. The number of hydrogen-bond donors (Lipinski definition) is 1. The Morgan fingerprint density at radius 3 is 3.04 bits per heavy atom. The maximum atomic E-state index is 12.5. The normalized spacial score (nSPS) is 16.8. The van der Waals surface area contributed by atoms with Crippen molar-refractivity contribution in [2.45, 2.75) is 25.3 Å². The first kappa shape index (κ1) is 14.2. The van der Waals surface area contributed by atoms with Crippen molar-refractivity contribution in [2.75, 3.05) is 0 Å². The standard InChI is InChI=1S/C18H16N2O2S/c21-18(15-11-16(22-20-15)17-9-4-10-23-17)19-14-8-3-6-12-5-1-2-7-13(12)14/h1-2,4-5,7,9-11,14H,3,6,8H2,(H,19,21). The summed E-state index contributed by atoms with van der Waals surface area (Å²) in [5.41, 5.74) is 2.87. The van der Waals surface area contributed by atoms with E-state index < -0.39 is 0 Å². The molecule has 3 aromatic rings. The Kier molecular flexibility index (Phi) is 3.71. The van der Waals surface area contributed by atoms with Crippen molar-refractivity contribution in [2.24, 2.45) is 0 Å². The molecule has 0 fully saturated rings. The molecule has 1 aromatic carbocycles. The molecule has 4 nitrogen and oxygen atoms in total. The summed E-state index contributed by atoms with van der Waals surface area (Å²) in [6, 6.07) is 14.0. The van der Waals surface area contributed by atoms with Crippen molar-refractivity contribution in [3.8, 4) is 10.6 Å². The highest BCUT2D eigenvalue weighted by Gasteiger charge is 2.23. The number of thiophene rings is 1. The summed E-state index contributed by atoms with van der Waals surface area (Å²) in [7, 11) is 0. The topological polar surface area (TPSA) is 55.1 Å². The zero-order valence-corrected chi connectivity index (χ0v) is 13.3. The third kappa shape index (κ3) is 2.80. The number of aromatic nitrogens is 1. The SMILES string of the molecule is O=C(NC1CCCc2ccccc21)c1cc(-c2cccs2)on1. The molecule has 0 spiro atoms. The zero-order valence-electron chi connectivity index (χ0n) is 12.5. The first-order chi connectivity index (χ1) is 11.3. The Labute approximate surface area is 138 Å². The van der Waals surface area contributed by atoms with Gasteiger partial charge in [0.05, 0.1) is 10.9 Å². The van der Waals surface area contributed by atoms with Crippen molar-refractivity contribution < 1.29 is 9.32 Å². The predicted octanol–water partition coefficient (Wildman–Crippen LogP) is 4.21. The van der Waals surface area contributed by atoms with Gasteiger partial charge < -0.3 is 9.84 Å². The number of carbonyl (C=O) groups is 1. The summed E-state index contributed by atoms with van der Waals surface area (Å²) < 4.78 is 5.29. The van der Waals surface area contributed by atoms with Crippen LogP contribution in [0.3, 0.4) is 0 Å². The average Bonchev–Trinajstić information content (AvgIpc) is 3.26. The predicted molar refractivity (Wildman–Crippen MR) is 89.4 cm³/mol. The van der Waals surface area contributed by atoms with E-state index in [1.807, 2.05) is 29.6 Å². The molecular weight excluding hydrogens is 308 g/mol. The van der Waals surface area contributed by atoms with Crippen molar-refractivity contribution in [1.29, 1.82) is 0 Å². The van der Waals surface area contributed by atoms with Gasteiger partial charge in [-0.1, -0.05) is 35.5 Å². The number of nitrogens with one attached hydrogen (secondary N) is 1. The Morgan fingerprint density at radius 1 is 1.26 bits per heavy atom. The molecule has 0 radical (unpaired) electrons. The lowest BCUT2D eigenvalue weighted by molar-refractivity contribution is 0.0923. The first-order valence-electron chi connectivity index (χ1n) is 7.70. The lowest BCUT2D eigenvalue weighted by Crippen LogP contribution is -2.31. The molecule has 0 saturated carbocycles. The summed E-state index contributed by atoms with van der Waals surface area (Å²) in [5.74, 6) is 0.451. The minimum atomic E-state index is -0.182. The van der Waals surface area contributed by atoms with Gasteiger partial charge >= 0.3 is 0 Å². The Hall–Kier alpha value is -2.40. The molecule has 0 aliphatic heterocycles. The number of rotatable bonds is 3. The van der Waals surface area contributed by atoms with E-state index in [1.165, 1.54) is 11.1 Å². The Balaban J connectivity index is 1.53. The second-order valence-corrected chi connectivity index (χ2v) is 6.62. The lowest BCUT2D eigenvalue weighted by atomic mass is 9.87. The third-order valence-corrected chi connectivity index (χ3v) is 5.07. The third-order valence-electron chi connectivity index (χ3n) is 4.18. The Bertz CT molecular complexity index is 823. The van der Waals surface area contributed by atoms with Gasteiger partial charge in [0, 0.05) is 6.07 Å². The number of carbonyl (C=O) groups excluding carboxylic acids is 1. The molecule has 1 unspecified atom stereocenters. The summed E-state index contributed by atoms with van der Waals surface area (Å²) in [4.78, 5) is 13.4. The summed E-state index contributed by atoms with van der Waals surface area (Å²) in [6.07, 6.45) is 3.12. The van der Waals surface area contributed by atoms with Crippen LogP contribution in [0.25, 0.3) is 10.6 Å². The van der Waals surface area contributed by atoms with Gasteiger partial charge in [0.25, 0.3) is 5.91 Å². The molecule has 1 aliphatic carbocycles. The largest absolute Gasteiger partial charge is 0.355 e. The minimum Gasteiger partial charge on any atom is -0.355 e. The van der Waals surface area contributed by atoms with Gasteiger partial charge in [-0.25, -0.2) is 0 Å². The molecule has 23 heavy (non-hydrogen) atoms. The van der Waals surface area contributed by atoms with Crippen molar-refractivity contribution in [3.05, 3.63) is 64.7 Å². The van der Waals surface area contributed by atoms with Gasteiger partial charge in [-0.2, -0.15) is 0 Å². The maximum Gasteiger partial charge on any atom is 0.273 e. The van der Waals surface area contributed by atoms with Crippen LogP contribution in [0.15, 0.2) is 52.4 Å². The van der Waals surface area contributed by atoms with E-state index in [1.54, 1.807) is 17.4 Å². The molecule has 1 aliphatic rings. The number of aryl methyl sites for hydroxylation is 1. The summed E-state index contributed by atoms with van der Waals surface area (Å²) in [5, 5.41) is 8.97. The van der Waals surface area contributed by atoms with Crippen LogP contribution in [-0.2, 0) is 6.42 Å². The molecule has 2 aromatic heterocycles. The van der Waals surface area contributed by atoms with Gasteiger partial charge in [0.2, 0.25) is 0 Å². The number of hydrogen-bond acceptors (Lipinski definition) is 4. The number of fused-ring (bicyclic) bond motifs is 1. The minimum absolute atomic E-state index is 0.0503. The molecule has 116 valence electrons. The van der Waals surface area contributed by atoms with E-state index in [0.29, 0.717) is 11.5 Å². The summed E-state index contributed by atoms with van der Waals surface area (Å²) in [6.45, 7) is 0. The molecular formula is C18H16N2O2S. The van der Waals surface area contributed by atoms with Crippen LogP contribution in [0.4, 0.5) is 0 Å². The highest BCUT2D eigenvalue weighted by Crippen LogP contribution is 2.30. The van der Waals surface area contributed by atoms with Crippen LogP contribution < -0.4 is 5.32 Å². The average molecular weight is 324 g/mol. The maximum absolute atomic E-state index is 12.5. The number of amides is 1. The van der Waals surface area contributed by atoms with Gasteiger partial charge in [0.1, 0.15) is 0 Å². The van der Waals surface area contributed by atoms with Crippen LogP contribution >= 0.6 is 11.3 Å². The van der Waals surface area contributed by atoms with Crippen LogP contribution in [0.2, 0.25) is 0 Å². The van der Waals surface area contributed by atoms with Crippen LogP contribution in [0.1, 0.15) is 40.5 Å². The highest BCUT2D eigenvalue weighted by atomic mass is 32.1. The van der Waals surface area contributed by atoms with Gasteiger partial charge in [-0.3, -0.25) is 4.79 Å². The van der Waals surface area contributed by atoms with Crippen molar-refractivity contribution in [3.63, 3.8) is 0 Å². The molecule has 1 amide bonds. The van der Waals surface area contributed by atoms with Gasteiger partial charge in [-0.05, 0) is 41.8 Å². The van der Waals surface area contributed by atoms with Gasteiger partial charge in [0.15, 0.2) is 11.5 Å². The van der Waals surface area contributed by atoms with E-state index >= 15 is 0 Å². The molecule has 5 heteroatoms. The fourth-order valence-corrected chi connectivity index (χ4v) is 3.73. The Morgan fingerprint density at radius 2 is 2.17 bits per heavy atom. The zero-order chi connectivity index (χ0) is 15.6. The molecule has 1 N–H and O–H groups in total. The number of benzene rings is 1. The highest BCUT2D eigenvalue weighted by molar-refractivity contribution is 7.13. The summed E-state index contributed by atoms with van der Waals surface area (Å²) >= 11 is 1.56. The lowest BCUT2D eigenvalue weighted by Gasteiger charge is -2.25. The van der Waals surface area contributed by atoms with Gasteiger partial charge in [-0.15, -0.1) is 11.3 Å². The molecule has 1 atom stereocenters. The first-order valence-corrected chi connectivity index (χ1v) is 8.58. The van der Waals surface area contributed by atoms with E-state index in [9.17, 15) is 4.79 Å². The fraction of sp³-hybridized carbons (Fsp3) is 0.222. The quantitative estimate of drug-likeness (QED) is 0.785. The van der Waals surface area contributed by atoms with Crippen LogP contribution in [-0.4, -0.2) is 11.1 Å². The molecule has 0 saturated heterocycles. The van der Waals surface area contributed by atoms with Crippen LogP contribution in [0, 0.1) is 0 Å². The van der Waals surface area contributed by atoms with Crippen molar-refractivity contribution >= 4 is 17.2 Å². The monoisotopic (exact) mass is 324 g/mol. The second-order valence-electron chi connectivity index (χ2n) is 5.67. The van der Waals surface area contributed by atoms with E-state index in [2.05, 4.69) is 22.6 Å². The fourth-order valence-electron chi connectivity index (χ4n) is 3.05. The van der Waals surface area contributed by atoms with E-state index in [0.717, 1.165) is 24.1 Å². The molecule has 4 rings (SSSR count). The van der Waals surface area contributed by atoms with Crippen LogP contribution in [0.5, 0.6) is 0 Å². The molecule has 0 bridgehead atoms.